The van der Waals surface area contributed by atoms with Gasteiger partial charge in [-0.15, -0.1) is 12.4 Å². The number of aryl methyl sites for hydroxylation is 1. The first-order valence-corrected chi connectivity index (χ1v) is 6.42. The summed E-state index contributed by atoms with van der Waals surface area (Å²) < 4.78 is 0. The molecular weight excluding hydrogens is 264 g/mol. The minimum atomic E-state index is -0.0242. The Morgan fingerprint density at radius 2 is 2.21 bits per heavy atom. The Hall–Kier alpha value is -1.26. The highest BCUT2D eigenvalue weighted by atomic mass is 35.5. The third kappa shape index (κ3) is 3.61. The summed E-state index contributed by atoms with van der Waals surface area (Å²) in [6.07, 6.45) is 2.97. The summed E-state index contributed by atoms with van der Waals surface area (Å²) in [5, 5.41) is 12.5. The van der Waals surface area contributed by atoms with Crippen molar-refractivity contribution in [1.82, 2.24) is 0 Å². The number of rotatable bonds is 3. The van der Waals surface area contributed by atoms with Crippen LogP contribution in [0.15, 0.2) is 18.2 Å². The third-order valence-corrected chi connectivity index (χ3v) is 3.71. The van der Waals surface area contributed by atoms with Crippen molar-refractivity contribution in [2.24, 2.45) is 17.6 Å². The number of benzene rings is 1. The van der Waals surface area contributed by atoms with Crippen LogP contribution < -0.4 is 11.1 Å². The number of carbonyl (C=O) groups excluding carboxylic acids is 1. The smallest absolute Gasteiger partial charge is 0.227 e. The summed E-state index contributed by atoms with van der Waals surface area (Å²) in [6, 6.07) is 5.18. The van der Waals surface area contributed by atoms with E-state index in [4.69, 9.17) is 5.73 Å². The minimum absolute atomic E-state index is 0. The van der Waals surface area contributed by atoms with Gasteiger partial charge in [0, 0.05) is 5.92 Å². The second-order valence-electron chi connectivity index (χ2n) is 5.04. The molecule has 5 heteroatoms. The largest absolute Gasteiger partial charge is 0.506 e. The van der Waals surface area contributed by atoms with E-state index in [-0.39, 0.29) is 35.9 Å². The van der Waals surface area contributed by atoms with Crippen LogP contribution in [0.5, 0.6) is 5.75 Å². The molecule has 0 saturated heterocycles. The standard InChI is InChI=1S/C14H20N2O2.ClH/c1-9-5-6-13(17)12(7-9)16-14(18)11-4-2-3-10(11)8-15;/h5-7,10-11,17H,2-4,8,15H2,1H3,(H,16,18);1H/t10-,11-;/m1./s1. The highest BCUT2D eigenvalue weighted by Crippen LogP contribution is 2.33. The first-order valence-electron chi connectivity index (χ1n) is 6.42. The zero-order valence-electron chi connectivity index (χ0n) is 11.1. The van der Waals surface area contributed by atoms with Crippen LogP contribution in [0.1, 0.15) is 24.8 Å². The van der Waals surface area contributed by atoms with E-state index < -0.39 is 0 Å². The molecule has 1 amide bonds. The molecule has 1 aromatic rings. The molecule has 0 bridgehead atoms. The van der Waals surface area contributed by atoms with Gasteiger partial charge in [-0.25, -0.2) is 0 Å². The van der Waals surface area contributed by atoms with Crippen LogP contribution in [-0.4, -0.2) is 17.6 Å². The second-order valence-corrected chi connectivity index (χ2v) is 5.04. The first-order chi connectivity index (χ1) is 8.61. The lowest BCUT2D eigenvalue weighted by atomic mass is 9.95. The lowest BCUT2D eigenvalue weighted by molar-refractivity contribution is -0.120. The first kappa shape index (κ1) is 15.8. The summed E-state index contributed by atoms with van der Waals surface area (Å²) in [5.74, 6) is 0.340. The van der Waals surface area contributed by atoms with E-state index in [1.165, 1.54) is 0 Å². The number of phenolic OH excluding ortho intramolecular Hbond substituents is 1. The Morgan fingerprint density at radius 1 is 1.47 bits per heavy atom. The Kier molecular flexibility index (Phi) is 5.63. The van der Waals surface area contributed by atoms with Gasteiger partial charge in [0.1, 0.15) is 5.75 Å². The van der Waals surface area contributed by atoms with Crippen LogP contribution in [0.25, 0.3) is 0 Å². The molecular formula is C14H21ClN2O2. The predicted molar refractivity (Wildman–Crippen MR) is 78.6 cm³/mol. The summed E-state index contributed by atoms with van der Waals surface area (Å²) in [4.78, 5) is 12.2. The van der Waals surface area contributed by atoms with E-state index in [2.05, 4.69) is 5.32 Å². The molecule has 0 aromatic heterocycles. The van der Waals surface area contributed by atoms with Gasteiger partial charge in [0.05, 0.1) is 5.69 Å². The van der Waals surface area contributed by atoms with Crippen molar-refractivity contribution in [2.75, 3.05) is 11.9 Å². The van der Waals surface area contributed by atoms with Crippen LogP contribution in [0.2, 0.25) is 0 Å². The van der Waals surface area contributed by atoms with Crippen molar-refractivity contribution in [1.29, 1.82) is 0 Å². The second kappa shape index (κ2) is 6.78. The quantitative estimate of drug-likeness (QED) is 0.746. The van der Waals surface area contributed by atoms with Gasteiger partial charge < -0.3 is 16.2 Å². The van der Waals surface area contributed by atoms with Crippen LogP contribution in [0.3, 0.4) is 0 Å². The van der Waals surface area contributed by atoms with Crippen LogP contribution in [-0.2, 0) is 4.79 Å². The maximum absolute atomic E-state index is 12.2. The van der Waals surface area contributed by atoms with Gasteiger partial charge in [-0.05, 0) is 49.9 Å². The van der Waals surface area contributed by atoms with Gasteiger partial charge in [-0.3, -0.25) is 4.79 Å². The molecule has 0 heterocycles. The van der Waals surface area contributed by atoms with E-state index in [1.807, 2.05) is 13.0 Å². The number of nitrogens with one attached hydrogen (secondary N) is 1. The summed E-state index contributed by atoms with van der Waals surface area (Å²) in [5.41, 5.74) is 7.17. The Labute approximate surface area is 119 Å². The molecule has 1 saturated carbocycles. The molecule has 4 nitrogen and oxygen atoms in total. The molecule has 1 fully saturated rings. The van der Waals surface area contributed by atoms with E-state index in [9.17, 15) is 9.90 Å². The molecule has 1 aromatic carbocycles. The number of phenols is 1. The number of hydrogen-bond donors (Lipinski definition) is 3. The van der Waals surface area contributed by atoms with Crippen molar-refractivity contribution in [3.05, 3.63) is 23.8 Å². The molecule has 0 aliphatic heterocycles. The summed E-state index contributed by atoms with van der Waals surface area (Å²) in [6.45, 7) is 2.48. The Bertz CT molecular complexity index is 451. The van der Waals surface area contributed by atoms with Crippen molar-refractivity contribution in [3.8, 4) is 5.75 Å². The maximum atomic E-state index is 12.2. The average Bonchev–Trinajstić information content (AvgIpc) is 2.82. The molecule has 0 radical (unpaired) electrons. The fraction of sp³-hybridized carbons (Fsp3) is 0.500. The molecule has 1 aliphatic carbocycles. The van der Waals surface area contributed by atoms with Crippen LogP contribution >= 0.6 is 12.4 Å². The van der Waals surface area contributed by atoms with E-state index in [1.54, 1.807) is 12.1 Å². The molecule has 4 N–H and O–H groups in total. The van der Waals surface area contributed by atoms with E-state index in [0.717, 1.165) is 24.8 Å². The normalized spacial score (nSPS) is 21.8. The summed E-state index contributed by atoms with van der Waals surface area (Å²) in [7, 11) is 0. The number of anilines is 1. The Balaban J connectivity index is 0.00000180. The zero-order chi connectivity index (χ0) is 13.1. The topological polar surface area (TPSA) is 75.3 Å². The van der Waals surface area contributed by atoms with Gasteiger partial charge in [0.2, 0.25) is 5.91 Å². The molecule has 106 valence electrons. The molecule has 19 heavy (non-hydrogen) atoms. The number of amides is 1. The van der Waals surface area contributed by atoms with Crippen molar-refractivity contribution >= 4 is 24.0 Å². The highest BCUT2D eigenvalue weighted by molar-refractivity contribution is 5.94. The lowest BCUT2D eigenvalue weighted by Gasteiger charge is -2.18. The lowest BCUT2D eigenvalue weighted by Crippen LogP contribution is -2.29. The van der Waals surface area contributed by atoms with Crippen LogP contribution in [0.4, 0.5) is 5.69 Å². The average molecular weight is 285 g/mol. The number of aromatic hydroxyl groups is 1. The van der Waals surface area contributed by atoms with Gasteiger partial charge in [0.15, 0.2) is 0 Å². The highest BCUT2D eigenvalue weighted by Gasteiger charge is 2.32. The predicted octanol–water partition coefficient (Wildman–Crippen LogP) is 2.44. The van der Waals surface area contributed by atoms with E-state index in [0.29, 0.717) is 12.2 Å². The fourth-order valence-corrected chi connectivity index (χ4v) is 2.64. The SMILES string of the molecule is Cc1ccc(O)c(NC(=O)[C@@H]2CCC[C@@H]2CN)c1.Cl. The molecule has 2 atom stereocenters. The van der Waals surface area contributed by atoms with E-state index >= 15 is 0 Å². The minimum Gasteiger partial charge on any atom is -0.506 e. The number of nitrogens with two attached hydrogens (primary N) is 1. The summed E-state index contributed by atoms with van der Waals surface area (Å²) >= 11 is 0. The van der Waals surface area contributed by atoms with Crippen LogP contribution in [0, 0.1) is 18.8 Å². The number of hydrogen-bond acceptors (Lipinski definition) is 3. The molecule has 0 unspecified atom stereocenters. The molecule has 2 rings (SSSR count). The van der Waals surface area contributed by atoms with Crippen molar-refractivity contribution < 1.29 is 9.90 Å². The molecule has 0 spiro atoms. The fourth-order valence-electron chi connectivity index (χ4n) is 2.64. The zero-order valence-corrected chi connectivity index (χ0v) is 11.9. The van der Waals surface area contributed by atoms with Gasteiger partial charge >= 0.3 is 0 Å². The van der Waals surface area contributed by atoms with Gasteiger partial charge in [-0.2, -0.15) is 0 Å². The maximum Gasteiger partial charge on any atom is 0.227 e. The molecule has 1 aliphatic rings. The number of halogens is 1. The van der Waals surface area contributed by atoms with Crippen molar-refractivity contribution in [3.63, 3.8) is 0 Å². The number of carbonyl (C=O) groups is 1. The Morgan fingerprint density at radius 3 is 2.89 bits per heavy atom. The third-order valence-electron chi connectivity index (χ3n) is 3.71. The van der Waals surface area contributed by atoms with Gasteiger partial charge in [-0.1, -0.05) is 12.5 Å². The van der Waals surface area contributed by atoms with Crippen molar-refractivity contribution in [2.45, 2.75) is 26.2 Å². The van der Waals surface area contributed by atoms with Gasteiger partial charge in [0.25, 0.3) is 0 Å². The monoisotopic (exact) mass is 284 g/mol.